The van der Waals surface area contributed by atoms with Gasteiger partial charge in [0.15, 0.2) is 9.84 Å². The Kier molecular flexibility index (Phi) is 3.84. The van der Waals surface area contributed by atoms with Gasteiger partial charge in [0.1, 0.15) is 0 Å². The van der Waals surface area contributed by atoms with E-state index in [0.717, 1.165) is 5.56 Å². The van der Waals surface area contributed by atoms with E-state index >= 15 is 0 Å². The Morgan fingerprint density at radius 2 is 2.15 bits per heavy atom. The van der Waals surface area contributed by atoms with Crippen molar-refractivity contribution < 1.29 is 13.3 Å². The van der Waals surface area contributed by atoms with Crippen molar-refractivity contribution in [2.75, 3.05) is 18.1 Å². The molecule has 6 nitrogen and oxygen atoms in total. The molecule has 0 aliphatic carbocycles. The molecule has 0 aromatic heterocycles. The van der Waals surface area contributed by atoms with Crippen molar-refractivity contribution in [3.63, 3.8) is 0 Å². The predicted molar refractivity (Wildman–Crippen MR) is 76.3 cm³/mol. The zero-order valence-corrected chi connectivity index (χ0v) is 12.1. The highest BCUT2D eigenvalue weighted by Gasteiger charge is 2.41. The van der Waals surface area contributed by atoms with Gasteiger partial charge in [-0.05, 0) is 31.9 Å². The summed E-state index contributed by atoms with van der Waals surface area (Å²) in [6.45, 7) is 1.97. The van der Waals surface area contributed by atoms with Gasteiger partial charge in [0.25, 0.3) is 5.69 Å². The molecular weight excluding hydrogens is 280 g/mol. The van der Waals surface area contributed by atoms with Crippen LogP contribution in [0.5, 0.6) is 0 Å². The van der Waals surface area contributed by atoms with Gasteiger partial charge in [-0.1, -0.05) is 12.1 Å². The lowest BCUT2D eigenvalue weighted by Crippen LogP contribution is -2.34. The third kappa shape index (κ3) is 2.83. The standard InChI is InChI=1S/C13H18N2O4S/c1-10-11(3-2-4-12(10)15(16)17)7-13(8-14)5-6-20(18,19)9-13/h2-4H,5-9,14H2,1H3. The SMILES string of the molecule is Cc1c(CC2(CN)CCS(=O)(=O)C2)cccc1[N+](=O)[O-]. The lowest BCUT2D eigenvalue weighted by molar-refractivity contribution is -0.385. The molecule has 1 aliphatic rings. The van der Waals surface area contributed by atoms with E-state index in [9.17, 15) is 18.5 Å². The van der Waals surface area contributed by atoms with Crippen molar-refractivity contribution in [1.82, 2.24) is 0 Å². The second-order valence-corrected chi connectivity index (χ2v) is 7.73. The molecule has 1 heterocycles. The number of nitro groups is 1. The average Bonchev–Trinajstić information content (AvgIpc) is 2.68. The topological polar surface area (TPSA) is 103 Å². The summed E-state index contributed by atoms with van der Waals surface area (Å²) in [4.78, 5) is 10.5. The van der Waals surface area contributed by atoms with Crippen molar-refractivity contribution in [3.8, 4) is 0 Å². The van der Waals surface area contributed by atoms with Gasteiger partial charge in [-0.2, -0.15) is 0 Å². The molecule has 1 aliphatic heterocycles. The lowest BCUT2D eigenvalue weighted by Gasteiger charge is -2.26. The fraction of sp³-hybridized carbons (Fsp3) is 0.538. The molecular formula is C13H18N2O4S. The third-order valence-corrected chi connectivity index (χ3v) is 5.96. The molecule has 110 valence electrons. The number of hydrogen-bond acceptors (Lipinski definition) is 5. The Morgan fingerprint density at radius 1 is 1.45 bits per heavy atom. The Hall–Kier alpha value is -1.47. The quantitative estimate of drug-likeness (QED) is 0.664. The average molecular weight is 298 g/mol. The monoisotopic (exact) mass is 298 g/mol. The van der Waals surface area contributed by atoms with E-state index in [2.05, 4.69) is 0 Å². The second-order valence-electron chi connectivity index (χ2n) is 5.54. The molecule has 1 aromatic rings. The summed E-state index contributed by atoms with van der Waals surface area (Å²) < 4.78 is 23.4. The number of nitro benzene ring substituents is 1. The van der Waals surface area contributed by atoms with Gasteiger partial charge >= 0.3 is 0 Å². The summed E-state index contributed by atoms with van der Waals surface area (Å²) in [5.41, 5.74) is 6.76. The molecule has 1 aromatic carbocycles. The minimum atomic E-state index is -3.04. The smallest absolute Gasteiger partial charge is 0.272 e. The van der Waals surface area contributed by atoms with E-state index in [-0.39, 0.29) is 23.7 Å². The van der Waals surface area contributed by atoms with Crippen LogP contribution in [-0.4, -0.2) is 31.4 Å². The highest BCUT2D eigenvalue weighted by atomic mass is 32.2. The van der Waals surface area contributed by atoms with Crippen LogP contribution in [0.4, 0.5) is 5.69 Å². The van der Waals surface area contributed by atoms with Gasteiger partial charge in [-0.15, -0.1) is 0 Å². The fourth-order valence-electron chi connectivity index (χ4n) is 2.82. The van der Waals surface area contributed by atoms with Crippen LogP contribution in [0.2, 0.25) is 0 Å². The summed E-state index contributed by atoms with van der Waals surface area (Å²) in [7, 11) is -3.04. The van der Waals surface area contributed by atoms with Gasteiger partial charge in [0.2, 0.25) is 0 Å². The Labute approximate surface area is 118 Å². The predicted octanol–water partition coefficient (Wildman–Crippen LogP) is 1.21. The third-order valence-electron chi connectivity index (χ3n) is 4.08. The Balaban J connectivity index is 2.34. The fourth-order valence-corrected chi connectivity index (χ4v) is 5.00. The highest BCUT2D eigenvalue weighted by molar-refractivity contribution is 7.91. The first-order chi connectivity index (χ1) is 9.29. The number of benzene rings is 1. The molecule has 0 amide bonds. The molecule has 20 heavy (non-hydrogen) atoms. The highest BCUT2D eigenvalue weighted by Crippen LogP contribution is 2.36. The van der Waals surface area contributed by atoms with Crippen molar-refractivity contribution in [2.24, 2.45) is 11.1 Å². The molecule has 1 fully saturated rings. The van der Waals surface area contributed by atoms with Crippen molar-refractivity contribution in [1.29, 1.82) is 0 Å². The van der Waals surface area contributed by atoms with Crippen molar-refractivity contribution in [3.05, 3.63) is 39.4 Å². The molecule has 1 atom stereocenters. The molecule has 0 saturated carbocycles. The molecule has 2 rings (SSSR count). The second kappa shape index (κ2) is 5.14. The normalized spacial score (nSPS) is 24.7. The van der Waals surface area contributed by atoms with Gasteiger partial charge in [-0.3, -0.25) is 10.1 Å². The summed E-state index contributed by atoms with van der Waals surface area (Å²) in [6, 6.07) is 4.90. The maximum absolute atomic E-state index is 11.7. The minimum absolute atomic E-state index is 0.0653. The first kappa shape index (κ1) is 14.9. The molecule has 0 spiro atoms. The number of nitrogens with zero attached hydrogens (tertiary/aromatic N) is 1. The van der Waals surface area contributed by atoms with Crippen LogP contribution in [0.25, 0.3) is 0 Å². The number of rotatable bonds is 4. The number of sulfone groups is 1. The molecule has 1 saturated heterocycles. The molecule has 2 N–H and O–H groups in total. The van der Waals surface area contributed by atoms with Crippen LogP contribution in [0.1, 0.15) is 17.5 Å². The van der Waals surface area contributed by atoms with Gasteiger partial charge < -0.3 is 5.73 Å². The van der Waals surface area contributed by atoms with Crippen LogP contribution in [0.3, 0.4) is 0 Å². The van der Waals surface area contributed by atoms with E-state index in [1.807, 2.05) is 6.07 Å². The van der Waals surface area contributed by atoms with Gasteiger partial charge in [-0.25, -0.2) is 8.42 Å². The zero-order chi connectivity index (χ0) is 15.0. The van der Waals surface area contributed by atoms with Crippen LogP contribution in [0.15, 0.2) is 18.2 Å². The van der Waals surface area contributed by atoms with E-state index in [0.29, 0.717) is 18.4 Å². The van der Waals surface area contributed by atoms with Crippen molar-refractivity contribution in [2.45, 2.75) is 19.8 Å². The van der Waals surface area contributed by atoms with E-state index in [1.165, 1.54) is 6.07 Å². The van der Waals surface area contributed by atoms with Crippen LogP contribution in [-0.2, 0) is 16.3 Å². The lowest BCUT2D eigenvalue weighted by atomic mass is 9.80. The first-order valence-corrected chi connectivity index (χ1v) is 8.24. The Morgan fingerprint density at radius 3 is 2.65 bits per heavy atom. The largest absolute Gasteiger partial charge is 0.330 e. The Bertz CT molecular complexity index is 642. The van der Waals surface area contributed by atoms with Crippen molar-refractivity contribution >= 4 is 15.5 Å². The maximum Gasteiger partial charge on any atom is 0.272 e. The number of nitrogens with two attached hydrogens (primary N) is 1. The van der Waals surface area contributed by atoms with Crippen LogP contribution < -0.4 is 5.73 Å². The molecule has 0 radical (unpaired) electrons. The summed E-state index contributed by atoms with van der Waals surface area (Å²) >= 11 is 0. The summed E-state index contributed by atoms with van der Waals surface area (Å²) in [6.07, 6.45) is 0.990. The number of hydrogen-bond donors (Lipinski definition) is 1. The van der Waals surface area contributed by atoms with E-state index in [4.69, 9.17) is 5.73 Å². The molecule has 1 unspecified atom stereocenters. The van der Waals surface area contributed by atoms with Crippen LogP contribution >= 0.6 is 0 Å². The molecule has 0 bridgehead atoms. The van der Waals surface area contributed by atoms with Gasteiger partial charge in [0, 0.05) is 17.0 Å². The minimum Gasteiger partial charge on any atom is -0.330 e. The summed E-state index contributed by atoms with van der Waals surface area (Å²) in [5.74, 6) is 0.219. The zero-order valence-electron chi connectivity index (χ0n) is 11.3. The van der Waals surface area contributed by atoms with Crippen LogP contribution in [0, 0.1) is 22.5 Å². The van der Waals surface area contributed by atoms with Gasteiger partial charge in [0.05, 0.1) is 16.4 Å². The molecule has 7 heteroatoms. The van der Waals surface area contributed by atoms with E-state index < -0.39 is 20.2 Å². The maximum atomic E-state index is 11.7. The first-order valence-electron chi connectivity index (χ1n) is 6.42. The summed E-state index contributed by atoms with van der Waals surface area (Å²) in [5, 5.41) is 10.9. The van der Waals surface area contributed by atoms with E-state index in [1.54, 1.807) is 13.0 Å².